The normalized spacial score (nSPS) is 11.5. The molecule has 21 heavy (non-hydrogen) atoms. The number of hydrogen-bond donors (Lipinski definition) is 1. The van der Waals surface area contributed by atoms with Gasteiger partial charge in [-0.1, -0.05) is 0 Å². The van der Waals surface area contributed by atoms with E-state index in [1.165, 1.54) is 0 Å². The number of carbonyl (C=O) groups excluding carboxylic acids is 1. The Morgan fingerprint density at radius 1 is 1.29 bits per heavy atom. The van der Waals surface area contributed by atoms with E-state index < -0.39 is 9.05 Å². The van der Waals surface area contributed by atoms with Gasteiger partial charge in [0.15, 0.2) is 0 Å². The highest BCUT2D eigenvalue weighted by molar-refractivity contribution is 8.13. The van der Waals surface area contributed by atoms with Crippen LogP contribution >= 0.6 is 10.7 Å². The van der Waals surface area contributed by atoms with Gasteiger partial charge in [0.25, 0.3) is 9.05 Å². The average Bonchev–Trinajstić information content (AvgIpc) is 2.24. The smallest absolute Gasteiger partial charge is 0.261 e. The van der Waals surface area contributed by atoms with Crippen molar-refractivity contribution < 1.29 is 17.9 Å². The lowest BCUT2D eigenvalue weighted by atomic mass is 10.1. The van der Waals surface area contributed by atoms with Gasteiger partial charge in [-0.25, -0.2) is 8.42 Å². The van der Waals surface area contributed by atoms with E-state index in [2.05, 4.69) is 5.32 Å². The van der Waals surface area contributed by atoms with Gasteiger partial charge < -0.3 is 10.1 Å². The topological polar surface area (TPSA) is 72.5 Å². The van der Waals surface area contributed by atoms with Crippen molar-refractivity contribution in [1.82, 2.24) is 5.32 Å². The molecule has 0 saturated carbocycles. The summed E-state index contributed by atoms with van der Waals surface area (Å²) >= 11 is 0. The summed E-state index contributed by atoms with van der Waals surface area (Å²) in [6.45, 7) is 7.30. The van der Waals surface area contributed by atoms with E-state index in [4.69, 9.17) is 15.4 Å². The number of carbonyl (C=O) groups is 1. The highest BCUT2D eigenvalue weighted by Crippen LogP contribution is 2.28. The fourth-order valence-electron chi connectivity index (χ4n) is 2.03. The number of benzene rings is 1. The van der Waals surface area contributed by atoms with Crippen LogP contribution in [0.5, 0.6) is 5.75 Å². The van der Waals surface area contributed by atoms with Crippen LogP contribution in [0.4, 0.5) is 0 Å². The highest BCUT2D eigenvalue weighted by atomic mass is 35.7. The molecule has 0 radical (unpaired) electrons. The van der Waals surface area contributed by atoms with E-state index in [0.29, 0.717) is 16.9 Å². The summed E-state index contributed by atoms with van der Waals surface area (Å²) in [4.78, 5) is 11.6. The first-order valence-electron chi connectivity index (χ1n) is 6.59. The van der Waals surface area contributed by atoms with Gasteiger partial charge >= 0.3 is 0 Å². The lowest BCUT2D eigenvalue weighted by Gasteiger charge is -2.12. The average molecular weight is 334 g/mol. The number of rotatable bonds is 6. The molecule has 0 fully saturated rings. The molecular formula is C14H20ClNO4S. The molecule has 0 unspecified atom stereocenters. The second-order valence-electron chi connectivity index (χ2n) is 5.14. The molecule has 0 atom stereocenters. The van der Waals surface area contributed by atoms with Crippen LogP contribution in [0, 0.1) is 13.8 Å². The first-order valence-corrected chi connectivity index (χ1v) is 8.90. The third-order valence-corrected chi connectivity index (χ3v) is 4.32. The predicted molar refractivity (Wildman–Crippen MR) is 82.3 cm³/mol. The summed E-state index contributed by atoms with van der Waals surface area (Å²) < 4.78 is 28.4. The number of halogens is 1. The Hall–Kier alpha value is -1.27. The Labute approximate surface area is 130 Å². The zero-order chi connectivity index (χ0) is 16.2. The van der Waals surface area contributed by atoms with E-state index in [1.54, 1.807) is 26.0 Å². The van der Waals surface area contributed by atoms with E-state index in [-0.39, 0.29) is 29.9 Å². The maximum Gasteiger partial charge on any atom is 0.261 e. The molecule has 5 nitrogen and oxygen atoms in total. The molecule has 1 amide bonds. The van der Waals surface area contributed by atoms with Gasteiger partial charge in [-0.05, 0) is 51.0 Å². The molecule has 1 rings (SSSR count). The van der Waals surface area contributed by atoms with E-state index in [1.807, 2.05) is 13.8 Å². The molecule has 0 aliphatic rings. The van der Waals surface area contributed by atoms with Gasteiger partial charge in [0.05, 0.1) is 17.9 Å². The van der Waals surface area contributed by atoms with Crippen molar-refractivity contribution in [1.29, 1.82) is 0 Å². The predicted octanol–water partition coefficient (Wildman–Crippen LogP) is 2.52. The van der Waals surface area contributed by atoms with Crippen molar-refractivity contribution in [3.05, 3.63) is 23.3 Å². The molecular weight excluding hydrogens is 314 g/mol. The Morgan fingerprint density at radius 2 is 1.81 bits per heavy atom. The molecule has 118 valence electrons. The summed E-state index contributed by atoms with van der Waals surface area (Å²) in [7, 11) is 1.62. The van der Waals surface area contributed by atoms with Crippen LogP contribution in [0.15, 0.2) is 17.0 Å². The number of amides is 1. The van der Waals surface area contributed by atoms with Crippen LogP contribution < -0.4 is 10.1 Å². The minimum Gasteiger partial charge on any atom is -0.493 e. The molecule has 0 heterocycles. The summed E-state index contributed by atoms with van der Waals surface area (Å²) in [5, 5.41) is 2.77. The molecule has 0 aliphatic heterocycles. The summed E-state index contributed by atoms with van der Waals surface area (Å²) in [5.74, 6) is 0.435. The van der Waals surface area contributed by atoms with Crippen LogP contribution in [0.25, 0.3) is 0 Å². The van der Waals surface area contributed by atoms with Crippen molar-refractivity contribution in [2.45, 2.75) is 45.1 Å². The number of hydrogen-bond acceptors (Lipinski definition) is 4. The quantitative estimate of drug-likeness (QED) is 0.812. The monoisotopic (exact) mass is 333 g/mol. The molecule has 1 N–H and O–H groups in total. The van der Waals surface area contributed by atoms with E-state index in [0.717, 1.165) is 0 Å². The van der Waals surface area contributed by atoms with Crippen LogP contribution in [-0.4, -0.2) is 27.0 Å². The van der Waals surface area contributed by atoms with E-state index >= 15 is 0 Å². The minimum absolute atomic E-state index is 0.0848. The van der Waals surface area contributed by atoms with Gasteiger partial charge in [-0.15, -0.1) is 0 Å². The fourth-order valence-corrected chi connectivity index (χ4v) is 3.65. The number of aryl methyl sites for hydroxylation is 2. The molecule has 0 aromatic heterocycles. The molecule has 0 bridgehead atoms. The number of nitrogens with one attached hydrogen (secondary N) is 1. The summed E-state index contributed by atoms with van der Waals surface area (Å²) in [6.07, 6.45) is 0.242. The number of ether oxygens (including phenoxy) is 1. The second kappa shape index (κ2) is 7.13. The van der Waals surface area contributed by atoms with Crippen molar-refractivity contribution in [2.24, 2.45) is 0 Å². The largest absolute Gasteiger partial charge is 0.493 e. The molecule has 0 saturated heterocycles. The highest BCUT2D eigenvalue weighted by Gasteiger charge is 2.17. The molecule has 0 aliphatic carbocycles. The van der Waals surface area contributed by atoms with Crippen LogP contribution in [0.1, 0.15) is 31.4 Å². The van der Waals surface area contributed by atoms with Crippen molar-refractivity contribution >= 4 is 25.6 Å². The minimum atomic E-state index is -3.78. The molecule has 1 aromatic rings. The zero-order valence-corrected chi connectivity index (χ0v) is 14.1. The van der Waals surface area contributed by atoms with Gasteiger partial charge in [0.1, 0.15) is 5.75 Å². The maximum absolute atomic E-state index is 11.5. The SMILES string of the molecule is Cc1cc(OCCC(=O)NC(C)C)cc(C)c1S(=O)(=O)Cl. The van der Waals surface area contributed by atoms with Crippen molar-refractivity contribution in [3.8, 4) is 5.75 Å². The summed E-state index contributed by atoms with van der Waals surface area (Å²) in [6, 6.07) is 3.29. The Kier molecular flexibility index (Phi) is 6.04. The second-order valence-corrected chi connectivity index (χ2v) is 7.65. The molecule has 1 aromatic carbocycles. The summed E-state index contributed by atoms with van der Waals surface area (Å²) in [5.41, 5.74) is 1.04. The van der Waals surface area contributed by atoms with Gasteiger partial charge in [0.2, 0.25) is 5.91 Å². The Morgan fingerprint density at radius 3 is 2.24 bits per heavy atom. The van der Waals surface area contributed by atoms with Crippen LogP contribution in [0.3, 0.4) is 0 Å². The van der Waals surface area contributed by atoms with Gasteiger partial charge in [-0.2, -0.15) is 0 Å². The fraction of sp³-hybridized carbons (Fsp3) is 0.500. The Bertz CT molecular complexity index is 603. The Balaban J connectivity index is 2.73. The zero-order valence-electron chi connectivity index (χ0n) is 12.6. The maximum atomic E-state index is 11.5. The third-order valence-electron chi connectivity index (χ3n) is 2.73. The lowest BCUT2D eigenvalue weighted by Crippen LogP contribution is -2.31. The van der Waals surface area contributed by atoms with Gasteiger partial charge in [0, 0.05) is 16.7 Å². The first kappa shape index (κ1) is 17.8. The lowest BCUT2D eigenvalue weighted by molar-refractivity contribution is -0.122. The van der Waals surface area contributed by atoms with Crippen LogP contribution in [0.2, 0.25) is 0 Å². The van der Waals surface area contributed by atoms with Crippen molar-refractivity contribution in [3.63, 3.8) is 0 Å². The molecule has 7 heteroatoms. The third kappa shape index (κ3) is 5.55. The van der Waals surface area contributed by atoms with E-state index in [9.17, 15) is 13.2 Å². The van der Waals surface area contributed by atoms with Crippen molar-refractivity contribution in [2.75, 3.05) is 6.61 Å². The first-order chi connectivity index (χ1) is 9.61. The molecule has 0 spiro atoms. The standard InChI is InChI=1S/C14H20ClNO4S/c1-9(2)16-13(17)5-6-20-12-7-10(3)14(11(4)8-12)21(15,18)19/h7-9H,5-6H2,1-4H3,(H,16,17). The van der Waals surface area contributed by atoms with Gasteiger partial charge in [-0.3, -0.25) is 4.79 Å². The van der Waals surface area contributed by atoms with Crippen LogP contribution in [-0.2, 0) is 13.8 Å².